The minimum absolute atomic E-state index is 0.00556. The molecule has 2 aliphatic carbocycles. The van der Waals surface area contributed by atoms with E-state index in [1.165, 1.54) is 6.42 Å². The molecule has 0 aliphatic heterocycles. The van der Waals surface area contributed by atoms with Crippen LogP contribution in [-0.4, -0.2) is 28.0 Å². The predicted octanol–water partition coefficient (Wildman–Crippen LogP) is 5.30. The second kappa shape index (κ2) is 14.7. The molecule has 1 aromatic rings. The summed E-state index contributed by atoms with van der Waals surface area (Å²) >= 11 is -1.53. The maximum atomic E-state index is 11.9. The summed E-state index contributed by atoms with van der Waals surface area (Å²) in [5.74, 6) is -0.00556. The normalized spacial score (nSPS) is 19.1. The fraction of sp³-hybridized carbons (Fsp3) is 0.545. The van der Waals surface area contributed by atoms with E-state index in [2.05, 4.69) is 15.2 Å². The fourth-order valence-electron chi connectivity index (χ4n) is 3.71. The van der Waals surface area contributed by atoms with E-state index in [9.17, 15) is 9.47 Å². The lowest BCUT2D eigenvalue weighted by Gasteiger charge is -2.19. The zero-order chi connectivity index (χ0) is 24.0. The van der Waals surface area contributed by atoms with Gasteiger partial charge in [-0.25, -0.2) is 9.17 Å². The van der Waals surface area contributed by atoms with Gasteiger partial charge in [0.15, 0.2) is 5.71 Å². The van der Waals surface area contributed by atoms with Crippen molar-refractivity contribution in [2.75, 3.05) is 0 Å². The van der Waals surface area contributed by atoms with Gasteiger partial charge in [0.2, 0.25) is 0 Å². The standard InChI is InChI=1S/C22H26N4O6S2/c1-24-22(26-30-33-32-28-19-8-4-2-5-9-19)18-14-12-17(13-15-18)21(16-23)25-31-34(27)29-20-10-6-3-7-11-20/h12-15,19-20H,2-11H2/b25-21+,26-22-. The van der Waals surface area contributed by atoms with Gasteiger partial charge < -0.3 is 4.85 Å². The molecular formula is C22H26N4O6S2. The molecule has 0 heterocycles. The average Bonchev–Trinajstić information content (AvgIpc) is 2.88. The van der Waals surface area contributed by atoms with Crippen LogP contribution in [0.1, 0.15) is 75.3 Å². The van der Waals surface area contributed by atoms with Crippen LogP contribution in [0.25, 0.3) is 4.85 Å². The molecule has 10 nitrogen and oxygen atoms in total. The van der Waals surface area contributed by atoms with Crippen molar-refractivity contribution in [2.45, 2.75) is 76.4 Å². The molecule has 0 radical (unpaired) electrons. The smallest absolute Gasteiger partial charge is 0.357 e. The first-order valence-corrected chi connectivity index (χ1v) is 12.8. The minimum atomic E-state index is -2.07. The predicted molar refractivity (Wildman–Crippen MR) is 127 cm³/mol. The first kappa shape index (κ1) is 26.1. The second-order valence-corrected chi connectivity index (χ2v) is 9.03. The summed E-state index contributed by atoms with van der Waals surface area (Å²) in [5.41, 5.74) is 0.813. The molecule has 0 N–H and O–H groups in total. The number of hydrogen-bond acceptors (Lipinski definition) is 10. The van der Waals surface area contributed by atoms with Crippen molar-refractivity contribution in [3.05, 3.63) is 46.8 Å². The zero-order valence-corrected chi connectivity index (χ0v) is 20.2. The Bertz CT molecular complexity index is 946. The Labute approximate surface area is 206 Å². The zero-order valence-electron chi connectivity index (χ0n) is 18.6. The molecule has 0 spiro atoms. The van der Waals surface area contributed by atoms with Crippen LogP contribution in [0, 0.1) is 17.9 Å². The molecule has 1 atom stereocenters. The van der Waals surface area contributed by atoms with E-state index >= 15 is 0 Å². The molecule has 0 saturated heterocycles. The highest BCUT2D eigenvalue weighted by atomic mass is 32.2. The van der Waals surface area contributed by atoms with E-state index in [0.29, 0.717) is 23.5 Å². The lowest BCUT2D eigenvalue weighted by Crippen LogP contribution is -2.18. The van der Waals surface area contributed by atoms with E-state index in [-0.39, 0.29) is 23.8 Å². The Morgan fingerprint density at radius 1 is 1.00 bits per heavy atom. The number of nitriles is 1. The van der Waals surface area contributed by atoms with Gasteiger partial charge in [0.25, 0.3) is 0 Å². The number of hydrogen-bond donors (Lipinski definition) is 0. The lowest BCUT2D eigenvalue weighted by atomic mass is 9.98. The topological polar surface area (TPSA) is 116 Å². The SMILES string of the molecule is [C-]#[N+]/C(=N\OSOOC1CCCCC1)c1ccc(/C(C#N)=N/OS(=O)OC2CCCCC2)cc1. The summed E-state index contributed by atoms with van der Waals surface area (Å²) in [6.45, 7) is 7.32. The molecule has 2 fully saturated rings. The Kier molecular flexibility index (Phi) is 11.3. The number of nitrogens with zero attached hydrogens (tertiary/aromatic N) is 4. The largest absolute Gasteiger partial charge is 0.381 e. The summed E-state index contributed by atoms with van der Waals surface area (Å²) in [7, 11) is 0. The molecular weight excluding hydrogens is 480 g/mol. The summed E-state index contributed by atoms with van der Waals surface area (Å²) < 4.78 is 32.0. The molecule has 2 saturated carbocycles. The third-order valence-corrected chi connectivity index (χ3v) is 6.39. The summed E-state index contributed by atoms with van der Waals surface area (Å²) in [6, 6.07) is 8.21. The van der Waals surface area contributed by atoms with Gasteiger partial charge in [-0.2, -0.15) is 9.47 Å². The number of oxime groups is 2. The summed E-state index contributed by atoms with van der Waals surface area (Å²) in [4.78, 5) is 8.59. The van der Waals surface area contributed by atoms with Gasteiger partial charge in [0, 0.05) is 11.1 Å². The van der Waals surface area contributed by atoms with Crippen LogP contribution in [0.15, 0.2) is 34.6 Å². The molecule has 0 amide bonds. The van der Waals surface area contributed by atoms with E-state index < -0.39 is 11.4 Å². The molecule has 0 aromatic heterocycles. The van der Waals surface area contributed by atoms with Gasteiger partial charge in [-0.05, 0) is 25.7 Å². The van der Waals surface area contributed by atoms with Gasteiger partial charge in [-0.15, -0.1) is 4.33 Å². The van der Waals surface area contributed by atoms with Crippen LogP contribution in [0.5, 0.6) is 0 Å². The van der Waals surface area contributed by atoms with Crippen molar-refractivity contribution in [1.29, 1.82) is 5.26 Å². The van der Waals surface area contributed by atoms with Crippen LogP contribution >= 0.6 is 12.3 Å². The second-order valence-electron chi connectivity index (χ2n) is 7.86. The quantitative estimate of drug-likeness (QED) is 0.0755. The van der Waals surface area contributed by atoms with Crippen LogP contribution in [0.2, 0.25) is 0 Å². The lowest BCUT2D eigenvalue weighted by molar-refractivity contribution is -0.242. The molecule has 2 aliphatic rings. The molecule has 1 aromatic carbocycles. The van der Waals surface area contributed by atoms with Crippen molar-refractivity contribution < 1.29 is 26.2 Å². The Hall–Kier alpha value is -2.48. The van der Waals surface area contributed by atoms with Gasteiger partial charge in [0.05, 0.1) is 17.4 Å². The van der Waals surface area contributed by atoms with Crippen molar-refractivity contribution in [3.8, 4) is 6.07 Å². The first-order chi connectivity index (χ1) is 16.7. The van der Waals surface area contributed by atoms with Crippen molar-refractivity contribution in [2.24, 2.45) is 10.3 Å². The van der Waals surface area contributed by atoms with Crippen molar-refractivity contribution in [1.82, 2.24) is 0 Å². The molecule has 0 bridgehead atoms. The number of benzene rings is 1. The molecule has 182 valence electrons. The monoisotopic (exact) mass is 506 g/mol. The van der Waals surface area contributed by atoms with Crippen LogP contribution in [0.3, 0.4) is 0 Å². The summed E-state index contributed by atoms with van der Waals surface area (Å²) in [6.07, 6.45) is 10.1. The van der Waals surface area contributed by atoms with E-state index in [4.69, 9.17) is 28.5 Å². The summed E-state index contributed by atoms with van der Waals surface area (Å²) in [5, 5.41) is 16.8. The highest BCUT2D eigenvalue weighted by Gasteiger charge is 2.19. The highest BCUT2D eigenvalue weighted by molar-refractivity contribution is 7.89. The Morgan fingerprint density at radius 3 is 2.24 bits per heavy atom. The van der Waals surface area contributed by atoms with Gasteiger partial charge in [-0.1, -0.05) is 74.5 Å². The van der Waals surface area contributed by atoms with Crippen molar-refractivity contribution in [3.63, 3.8) is 0 Å². The third-order valence-electron chi connectivity index (χ3n) is 5.49. The van der Waals surface area contributed by atoms with E-state index in [0.717, 1.165) is 57.8 Å². The highest BCUT2D eigenvalue weighted by Crippen LogP contribution is 2.23. The molecule has 12 heteroatoms. The fourth-order valence-corrected chi connectivity index (χ4v) is 4.56. The van der Waals surface area contributed by atoms with Gasteiger partial charge >= 0.3 is 29.5 Å². The Balaban J connectivity index is 1.49. The molecule has 3 rings (SSSR count). The number of amidine groups is 1. The Morgan fingerprint density at radius 2 is 1.62 bits per heavy atom. The number of rotatable bonds is 11. The van der Waals surface area contributed by atoms with E-state index in [1.54, 1.807) is 24.3 Å². The van der Waals surface area contributed by atoms with Crippen LogP contribution < -0.4 is 0 Å². The van der Waals surface area contributed by atoms with Gasteiger partial charge in [-0.3, -0.25) is 8.47 Å². The maximum Gasteiger partial charge on any atom is 0.381 e. The first-order valence-electron chi connectivity index (χ1n) is 11.2. The third kappa shape index (κ3) is 8.70. The average molecular weight is 507 g/mol. The van der Waals surface area contributed by atoms with Crippen molar-refractivity contribution >= 4 is 35.2 Å². The minimum Gasteiger partial charge on any atom is -0.357 e. The molecule has 1 unspecified atom stereocenters. The van der Waals surface area contributed by atoms with E-state index in [1.807, 2.05) is 6.07 Å². The molecule has 34 heavy (non-hydrogen) atoms. The van der Waals surface area contributed by atoms with Crippen LogP contribution in [-0.2, 0) is 33.3 Å². The van der Waals surface area contributed by atoms with Gasteiger partial charge in [0.1, 0.15) is 6.07 Å². The van der Waals surface area contributed by atoms with Crippen LogP contribution in [0.4, 0.5) is 0 Å². The maximum absolute atomic E-state index is 11.9.